The molecule has 4 nitrogen and oxygen atoms in total. The summed E-state index contributed by atoms with van der Waals surface area (Å²) in [6, 6.07) is 7.52. The quantitative estimate of drug-likeness (QED) is 0.865. The molecule has 3 rings (SSSR count). The third-order valence-corrected chi connectivity index (χ3v) is 4.15. The Morgan fingerprint density at radius 2 is 2.00 bits per heavy atom. The lowest BCUT2D eigenvalue weighted by Crippen LogP contribution is -2.31. The van der Waals surface area contributed by atoms with Gasteiger partial charge in [-0.1, -0.05) is 19.1 Å². The lowest BCUT2D eigenvalue weighted by molar-refractivity contribution is 0.323. The van der Waals surface area contributed by atoms with E-state index in [2.05, 4.69) is 22.2 Å². The van der Waals surface area contributed by atoms with E-state index in [4.69, 9.17) is 0 Å². The van der Waals surface area contributed by atoms with Crippen LogP contribution in [0.2, 0.25) is 0 Å². The van der Waals surface area contributed by atoms with E-state index in [9.17, 15) is 4.79 Å². The number of H-pyrrole nitrogens is 1. The number of piperidine rings is 1. The summed E-state index contributed by atoms with van der Waals surface area (Å²) in [5, 5.41) is 4.04. The van der Waals surface area contributed by atoms with Crippen molar-refractivity contribution in [1.29, 1.82) is 0 Å². The van der Waals surface area contributed by atoms with E-state index in [-0.39, 0.29) is 5.56 Å². The number of aromatic amines is 1. The topological polar surface area (TPSA) is 57.8 Å². The van der Waals surface area contributed by atoms with Gasteiger partial charge in [0.1, 0.15) is 5.82 Å². The summed E-state index contributed by atoms with van der Waals surface area (Å²) in [7, 11) is 0. The maximum Gasteiger partial charge on any atom is 0.258 e. The lowest BCUT2D eigenvalue weighted by atomic mass is 9.85. The predicted octanol–water partition coefficient (Wildman–Crippen LogP) is 2.03. The summed E-state index contributed by atoms with van der Waals surface area (Å²) in [4.78, 5) is 19.7. The molecule has 0 spiro atoms. The van der Waals surface area contributed by atoms with Crippen LogP contribution in [-0.2, 0) is 0 Å². The van der Waals surface area contributed by atoms with Gasteiger partial charge in [0.15, 0.2) is 0 Å². The minimum absolute atomic E-state index is 0.0265. The van der Waals surface area contributed by atoms with E-state index in [1.165, 1.54) is 0 Å². The molecule has 1 unspecified atom stereocenters. The van der Waals surface area contributed by atoms with Crippen molar-refractivity contribution in [1.82, 2.24) is 15.3 Å². The molecule has 2 heterocycles. The maximum atomic E-state index is 12.1. The number of benzene rings is 1. The minimum atomic E-state index is -0.0265. The van der Waals surface area contributed by atoms with Crippen LogP contribution >= 0.6 is 0 Å². The molecule has 2 N–H and O–H groups in total. The minimum Gasteiger partial charge on any atom is -0.317 e. The van der Waals surface area contributed by atoms with Gasteiger partial charge in [-0.25, -0.2) is 4.98 Å². The highest BCUT2D eigenvalue weighted by molar-refractivity contribution is 5.77. The second-order valence-corrected chi connectivity index (χ2v) is 5.34. The monoisotopic (exact) mass is 257 g/mol. The van der Waals surface area contributed by atoms with Crippen LogP contribution in [0.4, 0.5) is 0 Å². The van der Waals surface area contributed by atoms with Crippen LogP contribution in [0.5, 0.6) is 0 Å². The molecule has 1 aromatic carbocycles. The van der Waals surface area contributed by atoms with Crippen LogP contribution in [-0.4, -0.2) is 23.1 Å². The molecule has 1 saturated heterocycles. The molecule has 1 fully saturated rings. The molecule has 0 radical (unpaired) electrons. The number of nitrogens with one attached hydrogen (secondary N) is 2. The summed E-state index contributed by atoms with van der Waals surface area (Å²) in [6.07, 6.45) is 2.30. The van der Waals surface area contributed by atoms with E-state index in [1.54, 1.807) is 0 Å². The normalized spacial score (nSPS) is 18.6. The molecule has 1 aromatic heterocycles. The zero-order valence-electron chi connectivity index (χ0n) is 11.1. The Balaban J connectivity index is 1.98. The summed E-state index contributed by atoms with van der Waals surface area (Å²) < 4.78 is 0. The maximum absolute atomic E-state index is 12.1. The highest BCUT2D eigenvalue weighted by Crippen LogP contribution is 2.28. The number of aromatic nitrogens is 2. The van der Waals surface area contributed by atoms with Gasteiger partial charge in [0.2, 0.25) is 0 Å². The van der Waals surface area contributed by atoms with Gasteiger partial charge >= 0.3 is 0 Å². The fraction of sp³-hybridized carbons (Fsp3) is 0.467. The zero-order chi connectivity index (χ0) is 13.2. The molecule has 0 bridgehead atoms. The summed E-state index contributed by atoms with van der Waals surface area (Å²) >= 11 is 0. The van der Waals surface area contributed by atoms with Crippen molar-refractivity contribution in [2.75, 3.05) is 13.1 Å². The highest BCUT2D eigenvalue weighted by Gasteiger charge is 2.23. The molecule has 1 atom stereocenters. The number of hydrogen-bond donors (Lipinski definition) is 2. The molecule has 1 aliphatic rings. The molecule has 19 heavy (non-hydrogen) atoms. The van der Waals surface area contributed by atoms with Crippen LogP contribution in [0, 0.1) is 5.92 Å². The fourth-order valence-electron chi connectivity index (χ4n) is 2.89. The molecule has 100 valence electrons. The van der Waals surface area contributed by atoms with Crippen molar-refractivity contribution in [3.63, 3.8) is 0 Å². The van der Waals surface area contributed by atoms with Crippen molar-refractivity contribution < 1.29 is 0 Å². The molecule has 0 saturated carbocycles. The molecule has 2 aromatic rings. The van der Waals surface area contributed by atoms with Gasteiger partial charge in [0, 0.05) is 5.92 Å². The standard InChI is InChI=1S/C15H19N3O/c1-10(11-6-8-16-9-7-11)14-17-13-5-3-2-4-12(13)15(19)18-14/h2-5,10-11,16H,6-9H2,1H3,(H,17,18,19). The van der Waals surface area contributed by atoms with Crippen molar-refractivity contribution in [3.05, 3.63) is 40.4 Å². The second-order valence-electron chi connectivity index (χ2n) is 5.34. The van der Waals surface area contributed by atoms with E-state index >= 15 is 0 Å². The number of fused-ring (bicyclic) bond motifs is 1. The van der Waals surface area contributed by atoms with Crippen LogP contribution in [0.3, 0.4) is 0 Å². The number of para-hydroxylation sites is 1. The Hall–Kier alpha value is -1.68. The van der Waals surface area contributed by atoms with Crippen molar-refractivity contribution in [2.45, 2.75) is 25.7 Å². The Bertz CT molecular complexity index is 629. The third kappa shape index (κ3) is 2.40. The zero-order valence-corrected chi connectivity index (χ0v) is 11.1. The van der Waals surface area contributed by atoms with Crippen molar-refractivity contribution in [2.24, 2.45) is 5.92 Å². The van der Waals surface area contributed by atoms with E-state index < -0.39 is 0 Å². The van der Waals surface area contributed by atoms with E-state index in [0.717, 1.165) is 37.3 Å². The first kappa shape index (κ1) is 12.4. The number of nitrogens with zero attached hydrogens (tertiary/aromatic N) is 1. The first-order valence-corrected chi connectivity index (χ1v) is 6.95. The van der Waals surface area contributed by atoms with Gasteiger partial charge in [0.25, 0.3) is 5.56 Å². The van der Waals surface area contributed by atoms with Crippen LogP contribution in [0.25, 0.3) is 10.9 Å². The Kier molecular flexibility index (Phi) is 3.34. The van der Waals surface area contributed by atoms with Gasteiger partial charge in [-0.15, -0.1) is 0 Å². The third-order valence-electron chi connectivity index (χ3n) is 4.15. The summed E-state index contributed by atoms with van der Waals surface area (Å²) in [5.41, 5.74) is 0.767. The van der Waals surface area contributed by atoms with E-state index in [0.29, 0.717) is 17.2 Å². The number of hydrogen-bond acceptors (Lipinski definition) is 3. The smallest absolute Gasteiger partial charge is 0.258 e. The second kappa shape index (κ2) is 5.13. The van der Waals surface area contributed by atoms with Gasteiger partial charge in [-0.3, -0.25) is 4.79 Å². The van der Waals surface area contributed by atoms with Gasteiger partial charge in [-0.05, 0) is 44.0 Å². The first-order chi connectivity index (χ1) is 9.25. The molecule has 0 amide bonds. The average molecular weight is 257 g/mol. The highest BCUT2D eigenvalue weighted by atomic mass is 16.1. The number of rotatable bonds is 2. The van der Waals surface area contributed by atoms with Crippen molar-refractivity contribution >= 4 is 10.9 Å². The SMILES string of the molecule is CC(c1nc2ccccc2c(=O)[nH]1)C1CCNCC1. The van der Waals surface area contributed by atoms with Gasteiger partial charge in [-0.2, -0.15) is 0 Å². The Morgan fingerprint density at radius 1 is 1.26 bits per heavy atom. The predicted molar refractivity (Wildman–Crippen MR) is 76.4 cm³/mol. The van der Waals surface area contributed by atoms with Crippen LogP contribution in [0.15, 0.2) is 29.1 Å². The first-order valence-electron chi connectivity index (χ1n) is 6.95. The fourth-order valence-corrected chi connectivity index (χ4v) is 2.89. The Morgan fingerprint density at radius 3 is 2.79 bits per heavy atom. The molecule has 4 heteroatoms. The average Bonchev–Trinajstić information content (AvgIpc) is 2.47. The van der Waals surface area contributed by atoms with Gasteiger partial charge in [0.05, 0.1) is 10.9 Å². The molecule has 0 aliphatic carbocycles. The van der Waals surface area contributed by atoms with Crippen LogP contribution in [0.1, 0.15) is 31.5 Å². The molecular weight excluding hydrogens is 238 g/mol. The van der Waals surface area contributed by atoms with Crippen molar-refractivity contribution in [3.8, 4) is 0 Å². The molecular formula is C15H19N3O. The summed E-state index contributed by atoms with van der Waals surface area (Å²) in [6.45, 7) is 4.29. The Labute approximate surface area is 112 Å². The van der Waals surface area contributed by atoms with E-state index in [1.807, 2.05) is 24.3 Å². The van der Waals surface area contributed by atoms with Crippen LogP contribution < -0.4 is 10.9 Å². The summed E-state index contributed by atoms with van der Waals surface area (Å²) in [5.74, 6) is 1.74. The van der Waals surface area contributed by atoms with Gasteiger partial charge < -0.3 is 10.3 Å². The lowest BCUT2D eigenvalue weighted by Gasteiger charge is -2.27. The largest absolute Gasteiger partial charge is 0.317 e. The molecule has 1 aliphatic heterocycles.